The van der Waals surface area contributed by atoms with Crippen molar-refractivity contribution in [1.82, 2.24) is 4.98 Å². The van der Waals surface area contributed by atoms with E-state index >= 15 is 0 Å². The van der Waals surface area contributed by atoms with Crippen molar-refractivity contribution in [3.05, 3.63) is 52.5 Å². The van der Waals surface area contributed by atoms with Gasteiger partial charge in [0.05, 0.1) is 22.3 Å². The third-order valence-electron chi connectivity index (χ3n) is 2.49. The minimum absolute atomic E-state index is 0.121. The van der Waals surface area contributed by atoms with E-state index in [0.29, 0.717) is 4.47 Å². The Morgan fingerprint density at radius 1 is 1.33 bits per heavy atom. The lowest BCUT2D eigenvalue weighted by Gasteiger charge is -2.08. The molecular formula is C12H7BrClFN2O3S. The smallest absolute Gasteiger partial charge is 0.261 e. The standard InChI is InChI=1S/C12H7BrClFN2O3S/c13-9-5-7(21(14,19)20)1-2-11(9)17-12(18)8-3-4-16-6-10(8)15/h1-6H,(H,17,18). The van der Waals surface area contributed by atoms with Gasteiger partial charge in [-0.25, -0.2) is 12.8 Å². The zero-order chi connectivity index (χ0) is 15.6. The highest BCUT2D eigenvalue weighted by atomic mass is 79.9. The number of anilines is 1. The molecule has 2 aromatic rings. The molecule has 1 N–H and O–H groups in total. The first-order valence-electron chi connectivity index (χ1n) is 5.44. The number of carbonyl (C=O) groups excluding carboxylic acids is 1. The Labute approximate surface area is 132 Å². The molecule has 1 aromatic heterocycles. The molecule has 5 nitrogen and oxygen atoms in total. The van der Waals surface area contributed by atoms with Gasteiger partial charge in [-0.05, 0) is 40.2 Å². The maximum atomic E-state index is 13.4. The number of pyridine rings is 1. The second-order valence-corrected chi connectivity index (χ2v) is 7.31. The zero-order valence-electron chi connectivity index (χ0n) is 10.2. The number of hydrogen-bond donors (Lipinski definition) is 1. The maximum absolute atomic E-state index is 13.4. The highest BCUT2D eigenvalue weighted by Crippen LogP contribution is 2.27. The summed E-state index contributed by atoms with van der Waals surface area (Å²) in [5.74, 6) is -1.44. The van der Waals surface area contributed by atoms with Crippen LogP contribution in [0.1, 0.15) is 10.4 Å². The van der Waals surface area contributed by atoms with Crippen molar-refractivity contribution in [3.8, 4) is 0 Å². The van der Waals surface area contributed by atoms with E-state index in [1.165, 1.54) is 30.5 Å². The molecule has 0 bridgehead atoms. The van der Waals surface area contributed by atoms with Crippen LogP contribution in [0, 0.1) is 5.82 Å². The summed E-state index contributed by atoms with van der Waals surface area (Å²) in [6.07, 6.45) is 2.21. The lowest BCUT2D eigenvalue weighted by atomic mass is 10.2. The van der Waals surface area contributed by atoms with E-state index in [2.05, 4.69) is 26.2 Å². The van der Waals surface area contributed by atoms with Gasteiger partial charge in [-0.1, -0.05) is 0 Å². The Balaban J connectivity index is 2.29. The molecule has 0 spiro atoms. The van der Waals surface area contributed by atoms with Crippen LogP contribution >= 0.6 is 26.6 Å². The molecular weight excluding hydrogens is 387 g/mol. The zero-order valence-corrected chi connectivity index (χ0v) is 13.3. The second-order valence-electron chi connectivity index (χ2n) is 3.89. The molecule has 1 heterocycles. The first kappa shape index (κ1) is 15.9. The largest absolute Gasteiger partial charge is 0.321 e. The number of amides is 1. The highest BCUT2D eigenvalue weighted by molar-refractivity contribution is 9.10. The SMILES string of the molecule is O=C(Nc1ccc(S(=O)(=O)Cl)cc1Br)c1ccncc1F. The molecule has 0 unspecified atom stereocenters. The first-order chi connectivity index (χ1) is 9.79. The summed E-state index contributed by atoms with van der Waals surface area (Å²) in [4.78, 5) is 15.3. The molecule has 0 aliphatic carbocycles. The van der Waals surface area contributed by atoms with Crippen LogP contribution < -0.4 is 5.32 Å². The molecule has 0 saturated carbocycles. The summed E-state index contributed by atoms with van der Waals surface area (Å²) in [7, 11) is 1.34. The van der Waals surface area contributed by atoms with Crippen LogP contribution in [-0.4, -0.2) is 19.3 Å². The van der Waals surface area contributed by atoms with E-state index in [-0.39, 0.29) is 16.1 Å². The van der Waals surface area contributed by atoms with Gasteiger partial charge in [0.25, 0.3) is 15.0 Å². The summed E-state index contributed by atoms with van der Waals surface area (Å²) in [5, 5.41) is 2.45. The average Bonchev–Trinajstić information content (AvgIpc) is 2.40. The fourth-order valence-electron chi connectivity index (χ4n) is 1.50. The molecule has 110 valence electrons. The van der Waals surface area contributed by atoms with Crippen LogP contribution in [0.4, 0.5) is 10.1 Å². The molecule has 0 fully saturated rings. The van der Waals surface area contributed by atoms with E-state index in [1.807, 2.05) is 0 Å². The third-order valence-corrected chi connectivity index (χ3v) is 4.49. The Kier molecular flexibility index (Phi) is 4.60. The number of halogens is 3. The molecule has 0 aliphatic heterocycles. The van der Waals surface area contributed by atoms with Gasteiger partial charge in [0.15, 0.2) is 5.82 Å². The van der Waals surface area contributed by atoms with Crippen LogP contribution in [0.5, 0.6) is 0 Å². The normalized spacial score (nSPS) is 11.2. The molecule has 9 heteroatoms. The number of hydrogen-bond acceptors (Lipinski definition) is 4. The van der Waals surface area contributed by atoms with Crippen molar-refractivity contribution in [2.24, 2.45) is 0 Å². The van der Waals surface area contributed by atoms with Crippen molar-refractivity contribution in [2.75, 3.05) is 5.32 Å². The van der Waals surface area contributed by atoms with E-state index in [9.17, 15) is 17.6 Å². The molecule has 0 aliphatic rings. The summed E-state index contributed by atoms with van der Waals surface area (Å²) < 4.78 is 36.1. The van der Waals surface area contributed by atoms with Crippen molar-refractivity contribution in [3.63, 3.8) is 0 Å². The van der Waals surface area contributed by atoms with Crippen molar-refractivity contribution in [2.45, 2.75) is 4.90 Å². The van der Waals surface area contributed by atoms with E-state index in [1.54, 1.807) is 0 Å². The fraction of sp³-hybridized carbons (Fsp3) is 0. The maximum Gasteiger partial charge on any atom is 0.261 e. The van der Waals surface area contributed by atoms with E-state index < -0.39 is 20.8 Å². The first-order valence-corrected chi connectivity index (χ1v) is 8.54. The Morgan fingerprint density at radius 3 is 2.62 bits per heavy atom. The fourth-order valence-corrected chi connectivity index (χ4v) is 2.90. The second kappa shape index (κ2) is 6.08. The summed E-state index contributed by atoms with van der Waals surface area (Å²) >= 11 is 3.12. The highest BCUT2D eigenvalue weighted by Gasteiger charge is 2.15. The lowest BCUT2D eigenvalue weighted by molar-refractivity contribution is 0.102. The van der Waals surface area contributed by atoms with Gasteiger partial charge in [-0.3, -0.25) is 9.78 Å². The number of nitrogens with zero attached hydrogens (tertiary/aromatic N) is 1. The van der Waals surface area contributed by atoms with Crippen LogP contribution in [0.25, 0.3) is 0 Å². The van der Waals surface area contributed by atoms with Crippen LogP contribution in [0.2, 0.25) is 0 Å². The van der Waals surface area contributed by atoms with Gasteiger partial charge in [-0.15, -0.1) is 0 Å². The van der Waals surface area contributed by atoms with Gasteiger partial charge >= 0.3 is 0 Å². The van der Waals surface area contributed by atoms with Gasteiger partial charge in [0.1, 0.15) is 0 Å². The molecule has 1 amide bonds. The number of aromatic nitrogens is 1. The van der Waals surface area contributed by atoms with E-state index in [4.69, 9.17) is 10.7 Å². The number of nitrogens with one attached hydrogen (secondary N) is 1. The van der Waals surface area contributed by atoms with Crippen molar-refractivity contribution in [1.29, 1.82) is 0 Å². The molecule has 0 saturated heterocycles. The van der Waals surface area contributed by atoms with Gasteiger partial charge in [0, 0.05) is 21.4 Å². The summed E-state index contributed by atoms with van der Waals surface area (Å²) in [5.41, 5.74) is 0.103. The van der Waals surface area contributed by atoms with Crippen LogP contribution in [-0.2, 0) is 9.05 Å². The number of rotatable bonds is 3. The number of benzene rings is 1. The van der Waals surface area contributed by atoms with Gasteiger partial charge in [-0.2, -0.15) is 0 Å². The van der Waals surface area contributed by atoms with E-state index in [0.717, 1.165) is 6.20 Å². The molecule has 21 heavy (non-hydrogen) atoms. The van der Waals surface area contributed by atoms with Gasteiger partial charge in [0.2, 0.25) is 0 Å². The van der Waals surface area contributed by atoms with Crippen molar-refractivity contribution >= 4 is 47.3 Å². The minimum atomic E-state index is -3.87. The summed E-state index contributed by atoms with van der Waals surface area (Å²) in [6.45, 7) is 0. The molecule has 0 radical (unpaired) electrons. The third kappa shape index (κ3) is 3.78. The minimum Gasteiger partial charge on any atom is -0.321 e. The Bertz CT molecular complexity index is 814. The number of carbonyl (C=O) groups is 1. The predicted octanol–water partition coefficient (Wildman–Crippen LogP) is 3.16. The average molecular weight is 394 g/mol. The van der Waals surface area contributed by atoms with Crippen LogP contribution in [0.15, 0.2) is 46.0 Å². The molecule has 2 rings (SSSR count). The molecule has 1 aromatic carbocycles. The predicted molar refractivity (Wildman–Crippen MR) is 79.3 cm³/mol. The molecule has 0 atom stereocenters. The van der Waals surface area contributed by atoms with Crippen LogP contribution in [0.3, 0.4) is 0 Å². The Morgan fingerprint density at radius 2 is 2.05 bits per heavy atom. The monoisotopic (exact) mass is 392 g/mol. The van der Waals surface area contributed by atoms with Gasteiger partial charge < -0.3 is 5.32 Å². The lowest BCUT2D eigenvalue weighted by Crippen LogP contribution is -2.14. The van der Waals surface area contributed by atoms with Crippen molar-refractivity contribution < 1.29 is 17.6 Å². The topological polar surface area (TPSA) is 76.1 Å². The Hall–Kier alpha value is -1.51. The quantitative estimate of drug-likeness (QED) is 0.813. The summed E-state index contributed by atoms with van der Waals surface area (Å²) in [6, 6.07) is 5.04.